The Morgan fingerprint density at radius 2 is 1.73 bits per heavy atom. The largest absolute Gasteiger partial charge is 0.388 e. The highest BCUT2D eigenvalue weighted by Crippen LogP contribution is 2.29. The maximum absolute atomic E-state index is 12.5. The highest BCUT2D eigenvalue weighted by atomic mass is 16.7. The van der Waals surface area contributed by atoms with Crippen LogP contribution in [0.3, 0.4) is 0 Å². The van der Waals surface area contributed by atoms with E-state index in [0.717, 1.165) is 19.4 Å². The Bertz CT molecular complexity index is 667. The van der Waals surface area contributed by atoms with E-state index in [0.29, 0.717) is 13.1 Å². The number of hydrogen-bond donors (Lipinski definition) is 11. The zero-order valence-corrected chi connectivity index (χ0v) is 21.2. The lowest BCUT2D eigenvalue weighted by Crippen LogP contribution is -2.68. The van der Waals surface area contributed by atoms with E-state index < -0.39 is 73.1 Å². The highest BCUT2D eigenvalue weighted by molar-refractivity contribution is 5.80. The molecule has 0 aromatic carbocycles. The number of nitrogens with one attached hydrogen (secondary N) is 2. The third kappa shape index (κ3) is 8.99. The van der Waals surface area contributed by atoms with Gasteiger partial charge in [-0.1, -0.05) is 0 Å². The number of hydrogen-bond acceptors (Lipinski definition) is 14. The molecule has 1 aliphatic heterocycles. The van der Waals surface area contributed by atoms with Crippen molar-refractivity contribution in [2.24, 2.45) is 28.7 Å². The van der Waals surface area contributed by atoms with Gasteiger partial charge in [-0.3, -0.25) is 4.79 Å². The molecule has 1 amide bonds. The van der Waals surface area contributed by atoms with Crippen molar-refractivity contribution in [3.63, 3.8) is 0 Å². The second kappa shape index (κ2) is 16.1. The molecule has 1 saturated heterocycles. The molecule has 0 aromatic rings. The Labute approximate surface area is 217 Å². The van der Waals surface area contributed by atoms with E-state index in [1.54, 1.807) is 0 Å². The number of unbranched alkanes of at least 4 members (excludes halogenated alkanes) is 1. The Kier molecular flexibility index (Phi) is 14.0. The van der Waals surface area contributed by atoms with E-state index in [-0.39, 0.29) is 32.5 Å². The van der Waals surface area contributed by atoms with Crippen LogP contribution >= 0.6 is 0 Å². The summed E-state index contributed by atoms with van der Waals surface area (Å²) in [5.41, 5.74) is 28.9. The summed E-state index contributed by atoms with van der Waals surface area (Å²) in [4.78, 5) is 12.5. The van der Waals surface area contributed by atoms with Crippen molar-refractivity contribution in [2.45, 2.75) is 92.8 Å². The summed E-state index contributed by atoms with van der Waals surface area (Å²) in [6.45, 7) is 2.10. The first-order valence-electron chi connectivity index (χ1n) is 12.9. The normalized spacial score (nSPS) is 37.3. The second-order valence-corrected chi connectivity index (χ2v) is 9.62. The van der Waals surface area contributed by atoms with Crippen molar-refractivity contribution in [1.29, 1.82) is 0 Å². The minimum absolute atomic E-state index is 0.0739. The fraction of sp³-hybridized carbons (Fsp3) is 0.955. The summed E-state index contributed by atoms with van der Waals surface area (Å²) in [5.74, 6) is -0.650. The molecule has 0 spiro atoms. The standard InChI is InChI=1S/C22H47N7O8/c23-4-1-2-6-28-7-8-35-20-12(29-21(34)13(30)3-5-24)9-11(26)19(18(20)33)37-22-15(27)17(32)16(31)14(10-25)36-22/h11-20,22,28,30-33H,1-10,23-27H2,(H,29,34)/t11?,12-,13+,14?,15?,16-,17-,18+,19-,20?,22-/m1/s1. The van der Waals surface area contributed by atoms with Gasteiger partial charge in [0.25, 0.3) is 0 Å². The van der Waals surface area contributed by atoms with E-state index in [1.165, 1.54) is 0 Å². The molecule has 0 aromatic heterocycles. The van der Waals surface area contributed by atoms with Crippen LogP contribution in [0, 0.1) is 0 Å². The molecule has 1 aliphatic carbocycles. The number of amides is 1. The van der Waals surface area contributed by atoms with Gasteiger partial charge >= 0.3 is 0 Å². The van der Waals surface area contributed by atoms with Crippen molar-refractivity contribution >= 4 is 5.91 Å². The summed E-state index contributed by atoms with van der Waals surface area (Å²) in [6.07, 6.45) is -7.38. The fourth-order valence-corrected chi connectivity index (χ4v) is 4.56. The Hall–Kier alpha value is -1.05. The molecule has 4 unspecified atom stereocenters. The Morgan fingerprint density at radius 1 is 1.00 bits per heavy atom. The average Bonchev–Trinajstić information content (AvgIpc) is 2.87. The monoisotopic (exact) mass is 537 g/mol. The molecular weight excluding hydrogens is 490 g/mol. The van der Waals surface area contributed by atoms with Crippen LogP contribution < -0.4 is 39.3 Å². The number of carbonyl (C=O) groups excluding carboxylic acids is 1. The number of carbonyl (C=O) groups is 1. The smallest absolute Gasteiger partial charge is 0.249 e. The molecule has 2 aliphatic rings. The lowest BCUT2D eigenvalue weighted by Gasteiger charge is -2.47. The molecule has 2 fully saturated rings. The topological polar surface area (TPSA) is 280 Å². The summed E-state index contributed by atoms with van der Waals surface area (Å²) in [6, 6.07) is -2.65. The first kappa shape index (κ1) is 32.2. The van der Waals surface area contributed by atoms with Gasteiger partial charge in [-0.25, -0.2) is 0 Å². The molecule has 2 rings (SSSR count). The van der Waals surface area contributed by atoms with Gasteiger partial charge in [-0.05, 0) is 45.3 Å². The molecular formula is C22H47N7O8. The van der Waals surface area contributed by atoms with Gasteiger partial charge in [-0.15, -0.1) is 0 Å². The van der Waals surface area contributed by atoms with Crippen LogP contribution in [0.1, 0.15) is 25.7 Å². The van der Waals surface area contributed by atoms with Crippen LogP contribution in [0.25, 0.3) is 0 Å². The number of rotatable bonds is 15. The van der Waals surface area contributed by atoms with Gasteiger partial charge in [0.1, 0.15) is 42.7 Å². The van der Waals surface area contributed by atoms with Gasteiger partial charge < -0.3 is 73.9 Å². The molecule has 0 bridgehead atoms. The third-order valence-corrected chi connectivity index (χ3v) is 6.76. The number of nitrogens with two attached hydrogens (primary N) is 5. The van der Waals surface area contributed by atoms with Crippen LogP contribution in [-0.2, 0) is 19.0 Å². The van der Waals surface area contributed by atoms with E-state index in [4.69, 9.17) is 42.9 Å². The molecule has 15 nitrogen and oxygen atoms in total. The van der Waals surface area contributed by atoms with Crippen LogP contribution in [-0.4, -0.2) is 133 Å². The van der Waals surface area contributed by atoms with Crippen LogP contribution in [0.4, 0.5) is 0 Å². The first-order valence-corrected chi connectivity index (χ1v) is 12.9. The molecule has 15 heteroatoms. The summed E-state index contributed by atoms with van der Waals surface area (Å²) < 4.78 is 17.5. The van der Waals surface area contributed by atoms with Crippen LogP contribution in [0.2, 0.25) is 0 Å². The highest BCUT2D eigenvalue weighted by Gasteiger charge is 2.49. The quantitative estimate of drug-likeness (QED) is 0.0868. The number of ether oxygens (including phenoxy) is 3. The minimum Gasteiger partial charge on any atom is -0.388 e. The van der Waals surface area contributed by atoms with E-state index in [9.17, 15) is 25.2 Å². The maximum atomic E-state index is 12.5. The van der Waals surface area contributed by atoms with Gasteiger partial charge in [0.05, 0.1) is 18.7 Å². The van der Waals surface area contributed by atoms with Crippen molar-refractivity contribution < 1.29 is 39.4 Å². The molecule has 1 saturated carbocycles. The van der Waals surface area contributed by atoms with E-state index in [1.807, 2.05) is 0 Å². The zero-order chi connectivity index (χ0) is 27.5. The van der Waals surface area contributed by atoms with Crippen molar-refractivity contribution in [2.75, 3.05) is 39.3 Å². The summed E-state index contributed by atoms with van der Waals surface area (Å²) >= 11 is 0. The lowest BCUT2D eigenvalue weighted by atomic mass is 9.83. The molecule has 11 atom stereocenters. The molecule has 0 radical (unpaired) electrons. The molecule has 37 heavy (non-hydrogen) atoms. The van der Waals surface area contributed by atoms with Crippen molar-refractivity contribution in [3.8, 4) is 0 Å². The van der Waals surface area contributed by atoms with Crippen LogP contribution in [0.15, 0.2) is 0 Å². The van der Waals surface area contributed by atoms with E-state index >= 15 is 0 Å². The van der Waals surface area contributed by atoms with Crippen LogP contribution in [0.5, 0.6) is 0 Å². The summed E-state index contributed by atoms with van der Waals surface area (Å²) in [5, 5.41) is 47.6. The third-order valence-electron chi connectivity index (χ3n) is 6.76. The van der Waals surface area contributed by atoms with Crippen molar-refractivity contribution in [3.05, 3.63) is 0 Å². The predicted molar refractivity (Wildman–Crippen MR) is 134 cm³/mol. The number of aliphatic hydroxyl groups excluding tert-OH is 4. The van der Waals surface area contributed by atoms with Crippen molar-refractivity contribution in [1.82, 2.24) is 10.6 Å². The minimum atomic E-state index is -1.36. The zero-order valence-electron chi connectivity index (χ0n) is 21.2. The van der Waals surface area contributed by atoms with E-state index in [2.05, 4.69) is 10.6 Å². The maximum Gasteiger partial charge on any atom is 0.249 e. The van der Waals surface area contributed by atoms with Gasteiger partial charge in [0.15, 0.2) is 6.29 Å². The van der Waals surface area contributed by atoms with Gasteiger partial charge in [0.2, 0.25) is 5.91 Å². The van der Waals surface area contributed by atoms with Gasteiger partial charge in [-0.2, -0.15) is 0 Å². The summed E-state index contributed by atoms with van der Waals surface area (Å²) in [7, 11) is 0. The molecule has 218 valence electrons. The first-order chi connectivity index (χ1) is 17.7. The Balaban J connectivity index is 2.09. The van der Waals surface area contributed by atoms with Gasteiger partial charge in [0, 0.05) is 19.1 Å². The predicted octanol–water partition coefficient (Wildman–Crippen LogP) is -5.90. The lowest BCUT2D eigenvalue weighted by molar-refractivity contribution is -0.289. The Morgan fingerprint density at radius 3 is 2.38 bits per heavy atom. The SMILES string of the molecule is NCCCCNCCOC1[C@@H](O)[C@H](O[C@H]2OC(CN)[C@@H](O)[C@H](O)C2N)C(N)C[C@H]1NC(=O)[C@@H](O)CCN. The molecule has 16 N–H and O–H groups in total. The fourth-order valence-electron chi connectivity index (χ4n) is 4.56. The molecule has 1 heterocycles. The second-order valence-electron chi connectivity index (χ2n) is 9.62. The average molecular weight is 538 g/mol. The number of aliphatic hydroxyl groups is 4.